The van der Waals surface area contributed by atoms with Crippen LogP contribution in [0.25, 0.3) is 0 Å². The van der Waals surface area contributed by atoms with Crippen LogP contribution in [-0.2, 0) is 4.79 Å². The molecule has 40 valence electrons. The smallest absolute Gasteiger partial charge is 0.260 e. The minimum atomic E-state index is -0.319. The molecule has 3 heteroatoms. The lowest BCUT2D eigenvalue weighted by Crippen LogP contribution is -2.30. The Morgan fingerprint density at radius 2 is 2.29 bits per heavy atom. The highest BCUT2D eigenvalue weighted by Crippen LogP contribution is 1.80. The standard InChI is InChI=1S/C4H8N2O/c1-3(2)4(7)6-5/h1,5H2,2H3,(H,6,7). The number of carbonyl (C=O) groups excluding carboxylic acids is 1. The van der Waals surface area contributed by atoms with E-state index in [1.165, 1.54) is 0 Å². The molecule has 7 heavy (non-hydrogen) atoms. The van der Waals surface area contributed by atoms with Gasteiger partial charge in [-0.1, -0.05) is 6.58 Å². The predicted octanol–water partition coefficient (Wildman–Crippen LogP) is -0.448. The number of amides is 1. The highest BCUT2D eigenvalue weighted by molar-refractivity contribution is 5.91. The lowest BCUT2D eigenvalue weighted by molar-refractivity contribution is -0.117. The number of carbonyl (C=O) groups is 1. The first-order valence-corrected chi connectivity index (χ1v) is 1.85. The molecule has 0 spiro atoms. The summed E-state index contributed by atoms with van der Waals surface area (Å²) < 4.78 is 0. The van der Waals surface area contributed by atoms with Gasteiger partial charge in [-0.25, -0.2) is 5.84 Å². The van der Waals surface area contributed by atoms with Crippen LogP contribution in [0.1, 0.15) is 6.92 Å². The second kappa shape index (κ2) is 2.36. The van der Waals surface area contributed by atoms with Crippen LogP contribution >= 0.6 is 0 Å². The largest absolute Gasteiger partial charge is 0.290 e. The van der Waals surface area contributed by atoms with Crippen molar-refractivity contribution in [2.24, 2.45) is 5.84 Å². The third-order valence-electron chi connectivity index (χ3n) is 0.519. The van der Waals surface area contributed by atoms with Gasteiger partial charge in [-0.05, 0) is 6.92 Å². The maximum Gasteiger partial charge on any atom is 0.260 e. The third kappa shape index (κ3) is 1.94. The van der Waals surface area contributed by atoms with E-state index >= 15 is 0 Å². The van der Waals surface area contributed by atoms with Crippen molar-refractivity contribution in [2.45, 2.75) is 6.92 Å². The first-order valence-electron chi connectivity index (χ1n) is 1.85. The number of nitrogens with two attached hydrogens (primary N) is 1. The molecule has 0 saturated carbocycles. The lowest BCUT2D eigenvalue weighted by Gasteiger charge is -1.91. The molecule has 1 amide bonds. The minimum Gasteiger partial charge on any atom is -0.290 e. The highest BCUT2D eigenvalue weighted by Gasteiger charge is 1.93. The molecule has 0 atom stereocenters. The van der Waals surface area contributed by atoms with E-state index in [0.717, 1.165) is 0 Å². The Balaban J connectivity index is 3.58. The van der Waals surface area contributed by atoms with Crippen molar-refractivity contribution in [2.75, 3.05) is 0 Å². The molecule has 0 radical (unpaired) electrons. The zero-order chi connectivity index (χ0) is 5.86. The topological polar surface area (TPSA) is 55.1 Å². The van der Waals surface area contributed by atoms with Crippen LogP contribution in [0.4, 0.5) is 0 Å². The van der Waals surface area contributed by atoms with Crippen molar-refractivity contribution in [1.82, 2.24) is 5.43 Å². The average Bonchev–Trinajstić information content (AvgIpc) is 1.65. The summed E-state index contributed by atoms with van der Waals surface area (Å²) >= 11 is 0. The van der Waals surface area contributed by atoms with Gasteiger partial charge in [0, 0.05) is 5.57 Å². The predicted molar refractivity (Wildman–Crippen MR) is 27.1 cm³/mol. The van der Waals surface area contributed by atoms with Gasteiger partial charge in [0.25, 0.3) is 5.91 Å². The van der Waals surface area contributed by atoms with Crippen molar-refractivity contribution in [1.29, 1.82) is 0 Å². The van der Waals surface area contributed by atoms with E-state index in [0.29, 0.717) is 5.57 Å². The Hall–Kier alpha value is -0.830. The monoisotopic (exact) mass is 100 g/mol. The summed E-state index contributed by atoms with van der Waals surface area (Å²) in [5.41, 5.74) is 2.34. The van der Waals surface area contributed by atoms with Crippen LogP contribution in [0.5, 0.6) is 0 Å². The van der Waals surface area contributed by atoms with Crippen LogP contribution in [0.15, 0.2) is 12.2 Å². The Labute approximate surface area is 42.2 Å². The number of rotatable bonds is 1. The molecule has 3 nitrogen and oxygen atoms in total. The zero-order valence-corrected chi connectivity index (χ0v) is 4.19. The van der Waals surface area contributed by atoms with Crippen LogP contribution in [-0.4, -0.2) is 5.91 Å². The second-order valence-corrected chi connectivity index (χ2v) is 1.25. The molecule has 0 aliphatic carbocycles. The Morgan fingerprint density at radius 1 is 1.86 bits per heavy atom. The number of hydrogen-bond donors (Lipinski definition) is 2. The Morgan fingerprint density at radius 3 is 2.29 bits per heavy atom. The molecule has 0 heterocycles. The summed E-state index contributed by atoms with van der Waals surface area (Å²) in [5.74, 6) is 4.39. The zero-order valence-electron chi connectivity index (χ0n) is 4.19. The van der Waals surface area contributed by atoms with Crippen LogP contribution in [0.3, 0.4) is 0 Å². The fourth-order valence-corrected chi connectivity index (χ4v) is 0.123. The second-order valence-electron chi connectivity index (χ2n) is 1.25. The van der Waals surface area contributed by atoms with Gasteiger partial charge in [-0.15, -0.1) is 0 Å². The normalized spacial score (nSPS) is 7.71. The molecule has 0 aliphatic heterocycles. The summed E-state index contributed by atoms with van der Waals surface area (Å²) in [6.07, 6.45) is 0. The van der Waals surface area contributed by atoms with Crippen molar-refractivity contribution in [3.63, 3.8) is 0 Å². The van der Waals surface area contributed by atoms with Crippen molar-refractivity contribution < 1.29 is 4.79 Å². The Kier molecular flexibility index (Phi) is 2.08. The highest BCUT2D eigenvalue weighted by atomic mass is 16.2. The van der Waals surface area contributed by atoms with E-state index < -0.39 is 0 Å². The number of hydrazine groups is 1. The maximum absolute atomic E-state index is 10.2. The summed E-state index contributed by atoms with van der Waals surface area (Å²) in [5, 5.41) is 0. The average molecular weight is 100 g/mol. The first-order chi connectivity index (χ1) is 3.18. The van der Waals surface area contributed by atoms with Gasteiger partial charge in [0.05, 0.1) is 0 Å². The van der Waals surface area contributed by atoms with E-state index in [9.17, 15) is 4.79 Å². The van der Waals surface area contributed by atoms with Gasteiger partial charge >= 0.3 is 0 Å². The van der Waals surface area contributed by atoms with Crippen LogP contribution in [0, 0.1) is 0 Å². The Bertz CT molecular complexity index is 97.9. The van der Waals surface area contributed by atoms with E-state index in [2.05, 4.69) is 6.58 Å². The van der Waals surface area contributed by atoms with Crippen LogP contribution in [0.2, 0.25) is 0 Å². The molecule has 0 aliphatic rings. The molecular formula is C4H8N2O. The lowest BCUT2D eigenvalue weighted by atomic mass is 10.3. The van der Waals surface area contributed by atoms with Gasteiger partial charge in [-0.3, -0.25) is 10.2 Å². The molecule has 0 rings (SSSR count). The first kappa shape index (κ1) is 6.17. The maximum atomic E-state index is 10.2. The van der Waals surface area contributed by atoms with Crippen molar-refractivity contribution >= 4 is 5.91 Å². The van der Waals surface area contributed by atoms with E-state index in [4.69, 9.17) is 5.84 Å². The molecule has 0 aromatic rings. The van der Waals surface area contributed by atoms with Crippen molar-refractivity contribution in [3.8, 4) is 0 Å². The van der Waals surface area contributed by atoms with Gasteiger partial charge < -0.3 is 0 Å². The molecule has 0 fully saturated rings. The molecule has 0 unspecified atom stereocenters. The third-order valence-corrected chi connectivity index (χ3v) is 0.519. The van der Waals surface area contributed by atoms with E-state index in [-0.39, 0.29) is 5.91 Å². The molecule has 0 aromatic heterocycles. The number of nitrogens with one attached hydrogen (secondary N) is 1. The van der Waals surface area contributed by atoms with Crippen LogP contribution < -0.4 is 11.3 Å². The summed E-state index contributed by atoms with van der Waals surface area (Å²) in [6.45, 7) is 4.92. The van der Waals surface area contributed by atoms with Crippen molar-refractivity contribution in [3.05, 3.63) is 12.2 Å². The fraction of sp³-hybridized carbons (Fsp3) is 0.250. The molecule has 0 aromatic carbocycles. The SMILES string of the molecule is C=C(C)C(=O)NN. The van der Waals surface area contributed by atoms with Gasteiger partial charge in [0.2, 0.25) is 0 Å². The van der Waals surface area contributed by atoms with Gasteiger partial charge in [0.1, 0.15) is 0 Å². The summed E-state index contributed by atoms with van der Waals surface area (Å²) in [7, 11) is 0. The van der Waals surface area contributed by atoms with Gasteiger partial charge in [-0.2, -0.15) is 0 Å². The molecule has 3 N–H and O–H groups in total. The fourth-order valence-electron chi connectivity index (χ4n) is 0.123. The van der Waals surface area contributed by atoms with E-state index in [1.54, 1.807) is 6.92 Å². The number of hydrogen-bond acceptors (Lipinski definition) is 2. The summed E-state index contributed by atoms with van der Waals surface area (Å²) in [6, 6.07) is 0. The van der Waals surface area contributed by atoms with Gasteiger partial charge in [0.15, 0.2) is 0 Å². The molecular weight excluding hydrogens is 92.1 g/mol. The molecule has 0 saturated heterocycles. The minimum absolute atomic E-state index is 0.319. The summed E-state index contributed by atoms with van der Waals surface area (Å²) in [4.78, 5) is 10.2. The quantitative estimate of drug-likeness (QED) is 0.203. The van der Waals surface area contributed by atoms with E-state index in [1.807, 2.05) is 5.43 Å². The molecule has 0 bridgehead atoms.